The quantitative estimate of drug-likeness (QED) is 0.866. The Hall–Kier alpha value is -0.400. The summed E-state index contributed by atoms with van der Waals surface area (Å²) in [5, 5.41) is 7.47. The van der Waals surface area contributed by atoms with Crippen LogP contribution in [0.1, 0.15) is 4.88 Å². The molecule has 0 aromatic carbocycles. The molecule has 0 saturated carbocycles. The van der Waals surface area contributed by atoms with Crippen molar-refractivity contribution in [2.24, 2.45) is 0 Å². The standard InChI is InChI=1S/C8H10F3O4PS/c1-14-16(13,15-2)7(12,8(9,10)11)6-4-3-5-17-6/h3-5,12H,1-2H3. The van der Waals surface area contributed by atoms with Gasteiger partial charge in [0.2, 0.25) is 0 Å². The molecule has 17 heavy (non-hydrogen) atoms. The molecule has 1 aromatic rings. The molecule has 0 saturated heterocycles. The average molecular weight is 290 g/mol. The average Bonchev–Trinajstić information content (AvgIpc) is 2.78. The second-order valence-electron chi connectivity index (χ2n) is 3.01. The van der Waals surface area contributed by atoms with Crippen molar-refractivity contribution in [3.63, 3.8) is 0 Å². The number of rotatable bonds is 4. The Labute approximate surface area is 99.5 Å². The van der Waals surface area contributed by atoms with Gasteiger partial charge in [0, 0.05) is 14.2 Å². The lowest BCUT2D eigenvalue weighted by Crippen LogP contribution is -2.42. The van der Waals surface area contributed by atoms with E-state index in [1.807, 2.05) is 0 Å². The van der Waals surface area contributed by atoms with E-state index in [0.29, 0.717) is 11.3 Å². The van der Waals surface area contributed by atoms with Crippen molar-refractivity contribution in [1.82, 2.24) is 0 Å². The number of hydrogen-bond donors (Lipinski definition) is 1. The molecule has 1 N–H and O–H groups in total. The van der Waals surface area contributed by atoms with Gasteiger partial charge < -0.3 is 14.2 Å². The first-order valence-corrected chi connectivity index (χ1v) is 6.70. The summed E-state index contributed by atoms with van der Waals surface area (Å²) in [7, 11) is -3.20. The Balaban J connectivity index is 3.46. The second-order valence-corrected chi connectivity index (χ2v) is 6.33. The highest BCUT2D eigenvalue weighted by Crippen LogP contribution is 2.68. The molecule has 9 heteroatoms. The van der Waals surface area contributed by atoms with Gasteiger partial charge in [-0.1, -0.05) is 6.07 Å². The number of halogens is 3. The van der Waals surface area contributed by atoms with Crippen LogP contribution in [0.5, 0.6) is 0 Å². The molecule has 1 atom stereocenters. The van der Waals surface area contributed by atoms with E-state index >= 15 is 0 Å². The number of alkyl halides is 3. The molecular weight excluding hydrogens is 280 g/mol. The molecule has 0 aliphatic heterocycles. The van der Waals surface area contributed by atoms with Gasteiger partial charge in [0.25, 0.3) is 5.34 Å². The molecule has 0 fully saturated rings. The van der Waals surface area contributed by atoms with Crippen LogP contribution in [0.15, 0.2) is 17.5 Å². The summed E-state index contributed by atoms with van der Waals surface area (Å²) >= 11 is 0.612. The third-order valence-corrected chi connectivity index (χ3v) is 5.52. The summed E-state index contributed by atoms with van der Waals surface area (Å²) in [6, 6.07) is 2.31. The van der Waals surface area contributed by atoms with Gasteiger partial charge in [0.1, 0.15) is 0 Å². The minimum Gasteiger partial charge on any atom is -0.366 e. The van der Waals surface area contributed by atoms with Gasteiger partial charge >= 0.3 is 13.8 Å². The van der Waals surface area contributed by atoms with Crippen molar-refractivity contribution >= 4 is 18.9 Å². The molecule has 1 unspecified atom stereocenters. The van der Waals surface area contributed by atoms with Gasteiger partial charge in [-0.2, -0.15) is 13.2 Å². The lowest BCUT2D eigenvalue weighted by Gasteiger charge is -2.33. The minimum atomic E-state index is -5.18. The second kappa shape index (κ2) is 4.70. The van der Waals surface area contributed by atoms with Gasteiger partial charge in [-0.15, -0.1) is 11.3 Å². The van der Waals surface area contributed by atoms with Crippen LogP contribution in [-0.4, -0.2) is 25.5 Å². The van der Waals surface area contributed by atoms with Crippen LogP contribution >= 0.6 is 18.9 Å². The smallest absolute Gasteiger partial charge is 0.366 e. The molecule has 0 radical (unpaired) electrons. The maximum Gasteiger partial charge on any atom is 0.434 e. The number of aliphatic hydroxyl groups is 1. The molecule has 0 spiro atoms. The van der Waals surface area contributed by atoms with Crippen molar-refractivity contribution in [3.05, 3.63) is 22.4 Å². The summed E-state index contributed by atoms with van der Waals surface area (Å²) < 4.78 is 59.3. The first kappa shape index (κ1) is 14.7. The largest absolute Gasteiger partial charge is 0.434 e. The molecule has 98 valence electrons. The van der Waals surface area contributed by atoms with Crippen molar-refractivity contribution < 1.29 is 31.9 Å². The Morgan fingerprint density at radius 2 is 1.88 bits per heavy atom. The summed E-state index contributed by atoms with van der Waals surface area (Å²) in [4.78, 5) is -0.544. The van der Waals surface area contributed by atoms with Crippen LogP contribution in [0.4, 0.5) is 13.2 Å². The number of thiophene rings is 1. The fraction of sp³-hybridized carbons (Fsp3) is 0.500. The first-order chi connectivity index (χ1) is 7.73. The van der Waals surface area contributed by atoms with E-state index < -0.39 is 24.0 Å². The maximum atomic E-state index is 13.0. The molecule has 1 heterocycles. The molecule has 0 aliphatic rings. The minimum absolute atomic E-state index is 0.544. The Morgan fingerprint density at radius 3 is 2.18 bits per heavy atom. The van der Waals surface area contributed by atoms with E-state index in [9.17, 15) is 22.8 Å². The van der Waals surface area contributed by atoms with E-state index in [-0.39, 0.29) is 0 Å². The summed E-state index contributed by atoms with van der Waals surface area (Å²) in [6.45, 7) is 0. The third kappa shape index (κ3) is 2.15. The van der Waals surface area contributed by atoms with Crippen molar-refractivity contribution in [2.75, 3.05) is 14.2 Å². The summed E-state index contributed by atoms with van der Waals surface area (Å²) in [5.74, 6) is 0. The van der Waals surface area contributed by atoms with Gasteiger partial charge in [0.05, 0.1) is 4.88 Å². The Kier molecular flexibility index (Phi) is 4.05. The highest BCUT2D eigenvalue weighted by atomic mass is 32.1. The third-order valence-electron chi connectivity index (χ3n) is 2.14. The van der Waals surface area contributed by atoms with Crippen LogP contribution in [0.25, 0.3) is 0 Å². The summed E-state index contributed by atoms with van der Waals surface area (Å²) in [5.41, 5.74) is 0. The van der Waals surface area contributed by atoms with Gasteiger partial charge in [-0.05, 0) is 11.4 Å². The van der Waals surface area contributed by atoms with Crippen molar-refractivity contribution in [1.29, 1.82) is 0 Å². The van der Waals surface area contributed by atoms with Crippen molar-refractivity contribution in [3.8, 4) is 0 Å². The van der Waals surface area contributed by atoms with Crippen molar-refractivity contribution in [2.45, 2.75) is 11.5 Å². The van der Waals surface area contributed by atoms with E-state index in [0.717, 1.165) is 20.3 Å². The molecule has 0 aliphatic carbocycles. The Bertz CT molecular complexity index is 411. The van der Waals surface area contributed by atoms with E-state index in [1.165, 1.54) is 11.4 Å². The molecule has 1 aromatic heterocycles. The van der Waals surface area contributed by atoms with Gasteiger partial charge in [0.15, 0.2) is 0 Å². The maximum absolute atomic E-state index is 13.0. The van der Waals surface area contributed by atoms with Crippen LogP contribution in [0.2, 0.25) is 0 Å². The summed E-state index contributed by atoms with van der Waals surface area (Å²) in [6.07, 6.45) is -5.18. The van der Waals surface area contributed by atoms with Crippen LogP contribution in [0, 0.1) is 0 Å². The zero-order valence-electron chi connectivity index (χ0n) is 8.89. The zero-order chi connectivity index (χ0) is 13.3. The van der Waals surface area contributed by atoms with E-state index in [1.54, 1.807) is 0 Å². The molecular formula is C8H10F3O4PS. The van der Waals surface area contributed by atoms with Gasteiger partial charge in [-0.3, -0.25) is 4.57 Å². The van der Waals surface area contributed by atoms with E-state index in [4.69, 9.17) is 0 Å². The van der Waals surface area contributed by atoms with Crippen LogP contribution in [0.3, 0.4) is 0 Å². The van der Waals surface area contributed by atoms with Gasteiger partial charge in [-0.25, -0.2) is 0 Å². The Morgan fingerprint density at radius 1 is 1.35 bits per heavy atom. The molecule has 1 rings (SSSR count). The van der Waals surface area contributed by atoms with Crippen LogP contribution < -0.4 is 0 Å². The fourth-order valence-corrected chi connectivity index (χ4v) is 3.81. The SMILES string of the molecule is COP(=O)(OC)C(O)(c1cccs1)C(F)(F)F. The lowest BCUT2D eigenvalue weighted by atomic mass is 10.3. The topological polar surface area (TPSA) is 55.8 Å². The molecule has 4 nitrogen and oxygen atoms in total. The number of hydrogen-bond acceptors (Lipinski definition) is 5. The zero-order valence-corrected chi connectivity index (χ0v) is 10.6. The predicted octanol–water partition coefficient (Wildman–Crippen LogP) is 2.94. The normalized spacial score (nSPS) is 16.8. The molecule has 0 amide bonds. The highest BCUT2D eigenvalue weighted by Gasteiger charge is 2.69. The first-order valence-electron chi connectivity index (χ1n) is 4.27. The monoisotopic (exact) mass is 290 g/mol. The van der Waals surface area contributed by atoms with E-state index in [2.05, 4.69) is 9.05 Å². The fourth-order valence-electron chi connectivity index (χ4n) is 1.25. The molecule has 0 bridgehead atoms. The highest BCUT2D eigenvalue weighted by molar-refractivity contribution is 7.55. The predicted molar refractivity (Wildman–Crippen MR) is 55.9 cm³/mol. The van der Waals surface area contributed by atoms with Crippen LogP contribution in [-0.2, 0) is 19.0 Å². The lowest BCUT2D eigenvalue weighted by molar-refractivity contribution is -0.235.